The number of hydrogen-bond acceptors (Lipinski definition) is 1. The van der Waals surface area contributed by atoms with Crippen LogP contribution in [0.2, 0.25) is 0 Å². The van der Waals surface area contributed by atoms with E-state index in [1.807, 2.05) is 0 Å². The lowest BCUT2D eigenvalue weighted by Gasteiger charge is -2.28. The molecule has 1 nitrogen and oxygen atoms in total. The highest BCUT2D eigenvalue weighted by Crippen LogP contribution is 2.41. The van der Waals surface area contributed by atoms with Crippen molar-refractivity contribution in [3.8, 4) is 0 Å². The number of hydrogen-bond donors (Lipinski definition) is 1. The molecule has 0 fully saturated rings. The van der Waals surface area contributed by atoms with Gasteiger partial charge in [-0.25, -0.2) is 8.78 Å². The third-order valence-electron chi connectivity index (χ3n) is 2.63. The van der Waals surface area contributed by atoms with Crippen LogP contribution in [-0.4, -0.2) is 18.4 Å². The van der Waals surface area contributed by atoms with E-state index < -0.39 is 47.9 Å². The summed E-state index contributed by atoms with van der Waals surface area (Å²) in [7, 11) is 0. The van der Waals surface area contributed by atoms with Crippen molar-refractivity contribution >= 4 is 0 Å². The fourth-order valence-corrected chi connectivity index (χ4v) is 1.75. The Balaban J connectivity index is 3.07. The van der Waals surface area contributed by atoms with E-state index in [9.17, 15) is 35.1 Å². The van der Waals surface area contributed by atoms with Crippen LogP contribution >= 0.6 is 0 Å². The first-order valence-corrected chi connectivity index (χ1v) is 5.26. The number of rotatable bonds is 3. The van der Waals surface area contributed by atoms with E-state index in [0.717, 1.165) is 18.2 Å². The van der Waals surface area contributed by atoms with Gasteiger partial charge in [-0.2, -0.15) is 26.3 Å². The summed E-state index contributed by atoms with van der Waals surface area (Å²) in [6.45, 7) is 0. The van der Waals surface area contributed by atoms with E-state index in [1.54, 1.807) is 0 Å². The fraction of sp³-hybridized carbons (Fsp3) is 0.455. The van der Waals surface area contributed by atoms with Gasteiger partial charge < -0.3 is 5.73 Å². The molecule has 0 aromatic heterocycles. The normalized spacial score (nSPS) is 14.7. The quantitative estimate of drug-likeness (QED) is 0.849. The number of benzene rings is 1. The molecule has 0 aliphatic rings. The van der Waals surface area contributed by atoms with Crippen molar-refractivity contribution in [2.75, 3.05) is 0 Å². The maximum Gasteiger partial charge on any atom is 0.402 e. The van der Waals surface area contributed by atoms with Gasteiger partial charge in [0.05, 0.1) is 0 Å². The van der Waals surface area contributed by atoms with Gasteiger partial charge >= 0.3 is 12.4 Å². The van der Waals surface area contributed by atoms with E-state index in [-0.39, 0.29) is 0 Å². The molecule has 0 radical (unpaired) electrons. The first-order valence-electron chi connectivity index (χ1n) is 5.26. The van der Waals surface area contributed by atoms with Crippen LogP contribution in [0, 0.1) is 17.6 Å². The zero-order valence-corrected chi connectivity index (χ0v) is 9.69. The summed E-state index contributed by atoms with van der Waals surface area (Å²) in [5.41, 5.74) is 3.98. The van der Waals surface area contributed by atoms with Gasteiger partial charge in [0.2, 0.25) is 0 Å². The third kappa shape index (κ3) is 3.81. The standard InChI is InChI=1S/C11H9F8N/c12-6-2-1-3-7(13)5(6)4-8(20)9(10(14,15)16)11(17,18)19/h1-3,8-9H,4,20H2. The van der Waals surface area contributed by atoms with E-state index in [0.29, 0.717) is 0 Å². The summed E-state index contributed by atoms with van der Waals surface area (Å²) < 4.78 is 101. The van der Waals surface area contributed by atoms with Gasteiger partial charge in [-0.1, -0.05) is 6.07 Å². The van der Waals surface area contributed by atoms with Crippen LogP contribution in [0.25, 0.3) is 0 Å². The topological polar surface area (TPSA) is 26.0 Å². The Morgan fingerprint density at radius 1 is 0.900 bits per heavy atom. The number of halogens is 8. The molecule has 0 aliphatic heterocycles. The lowest BCUT2D eigenvalue weighted by Crippen LogP contribution is -2.50. The smallest absolute Gasteiger partial charge is 0.327 e. The van der Waals surface area contributed by atoms with Crippen molar-refractivity contribution in [3.63, 3.8) is 0 Å². The van der Waals surface area contributed by atoms with Gasteiger partial charge in [0.15, 0.2) is 5.92 Å². The zero-order chi connectivity index (χ0) is 15.7. The average molecular weight is 307 g/mol. The molecule has 0 aliphatic carbocycles. The molecule has 114 valence electrons. The molecule has 2 N–H and O–H groups in total. The second kappa shape index (κ2) is 5.55. The molecule has 0 heterocycles. The van der Waals surface area contributed by atoms with Gasteiger partial charge in [-0.05, 0) is 18.6 Å². The minimum atomic E-state index is -5.65. The highest BCUT2D eigenvalue weighted by atomic mass is 19.4. The van der Waals surface area contributed by atoms with Crippen LogP contribution in [0.1, 0.15) is 5.56 Å². The van der Waals surface area contributed by atoms with Crippen molar-refractivity contribution in [2.24, 2.45) is 11.7 Å². The lowest BCUT2D eigenvalue weighted by molar-refractivity contribution is -0.289. The van der Waals surface area contributed by atoms with Crippen molar-refractivity contribution in [1.29, 1.82) is 0 Å². The monoisotopic (exact) mass is 307 g/mol. The van der Waals surface area contributed by atoms with Gasteiger partial charge in [0, 0.05) is 11.6 Å². The molecule has 1 unspecified atom stereocenters. The SMILES string of the molecule is NC(Cc1c(F)cccc1F)C(C(F)(F)F)C(F)(F)F. The summed E-state index contributed by atoms with van der Waals surface area (Å²) >= 11 is 0. The maximum absolute atomic E-state index is 13.2. The summed E-state index contributed by atoms with van der Waals surface area (Å²) in [6.07, 6.45) is -12.5. The first kappa shape index (κ1) is 16.7. The summed E-state index contributed by atoms with van der Waals surface area (Å²) in [5, 5.41) is 0. The molecule has 1 rings (SSSR count). The zero-order valence-electron chi connectivity index (χ0n) is 9.69. The summed E-state index contributed by atoms with van der Waals surface area (Å²) in [4.78, 5) is 0. The van der Waals surface area contributed by atoms with Gasteiger partial charge in [0.1, 0.15) is 11.6 Å². The maximum atomic E-state index is 13.2. The molecule has 1 aromatic carbocycles. The Kier molecular flexibility index (Phi) is 4.62. The van der Waals surface area contributed by atoms with Crippen molar-refractivity contribution < 1.29 is 35.1 Å². The molecular formula is C11H9F8N. The fourth-order valence-electron chi connectivity index (χ4n) is 1.75. The lowest BCUT2D eigenvalue weighted by atomic mass is 9.92. The van der Waals surface area contributed by atoms with Gasteiger partial charge in [-0.3, -0.25) is 0 Å². The summed E-state index contributed by atoms with van der Waals surface area (Å²) in [5.74, 6) is -6.35. The molecule has 9 heteroatoms. The molecule has 0 spiro atoms. The van der Waals surface area contributed by atoms with Crippen LogP contribution in [0.15, 0.2) is 18.2 Å². The highest BCUT2D eigenvalue weighted by Gasteiger charge is 2.59. The van der Waals surface area contributed by atoms with Crippen molar-refractivity contribution in [3.05, 3.63) is 35.4 Å². The number of nitrogens with two attached hydrogens (primary N) is 1. The minimum Gasteiger partial charge on any atom is -0.327 e. The predicted octanol–water partition coefficient (Wildman–Crippen LogP) is 3.58. The Bertz CT molecular complexity index is 430. The predicted molar refractivity (Wildman–Crippen MR) is 53.6 cm³/mol. The van der Waals surface area contributed by atoms with Crippen LogP contribution in [0.5, 0.6) is 0 Å². The van der Waals surface area contributed by atoms with Gasteiger partial charge in [-0.15, -0.1) is 0 Å². The van der Waals surface area contributed by atoms with Crippen LogP contribution in [0.3, 0.4) is 0 Å². The molecule has 0 saturated carbocycles. The average Bonchev–Trinajstić information content (AvgIpc) is 2.19. The second-order valence-corrected chi connectivity index (χ2v) is 4.13. The van der Waals surface area contributed by atoms with Crippen molar-refractivity contribution in [1.82, 2.24) is 0 Å². The van der Waals surface area contributed by atoms with E-state index in [2.05, 4.69) is 0 Å². The molecule has 0 saturated heterocycles. The second-order valence-electron chi connectivity index (χ2n) is 4.13. The number of alkyl halides is 6. The van der Waals surface area contributed by atoms with Crippen molar-refractivity contribution in [2.45, 2.75) is 24.8 Å². The Labute approximate surface area is 108 Å². The molecule has 1 aromatic rings. The van der Waals surface area contributed by atoms with E-state index in [1.165, 1.54) is 0 Å². The Hall–Kier alpha value is -1.38. The van der Waals surface area contributed by atoms with E-state index >= 15 is 0 Å². The van der Waals surface area contributed by atoms with Crippen LogP contribution in [0.4, 0.5) is 35.1 Å². The molecule has 1 atom stereocenters. The highest BCUT2D eigenvalue weighted by molar-refractivity contribution is 5.21. The van der Waals surface area contributed by atoms with Crippen LogP contribution < -0.4 is 5.73 Å². The minimum absolute atomic E-state index is 0.724. The van der Waals surface area contributed by atoms with Crippen LogP contribution in [-0.2, 0) is 6.42 Å². The largest absolute Gasteiger partial charge is 0.402 e. The molecule has 0 bridgehead atoms. The molecular weight excluding hydrogens is 298 g/mol. The molecule has 0 amide bonds. The van der Waals surface area contributed by atoms with E-state index in [4.69, 9.17) is 5.73 Å². The molecule has 20 heavy (non-hydrogen) atoms. The Morgan fingerprint density at radius 3 is 1.65 bits per heavy atom. The van der Waals surface area contributed by atoms with Gasteiger partial charge in [0.25, 0.3) is 0 Å². The first-order chi connectivity index (χ1) is 8.94. The summed E-state index contributed by atoms with van der Waals surface area (Å²) in [6, 6.07) is -0.158. The Morgan fingerprint density at radius 2 is 1.30 bits per heavy atom. The third-order valence-corrected chi connectivity index (χ3v) is 2.63.